The molecule has 0 bridgehead atoms. The van der Waals surface area contributed by atoms with Gasteiger partial charge in [-0.1, -0.05) is 76.9 Å². The first-order chi connectivity index (χ1) is 15.7. The zero-order valence-electron chi connectivity index (χ0n) is 21.9. The highest BCUT2D eigenvalue weighted by atomic mass is 35.5. The number of rotatable bonds is 5. The maximum atomic E-state index is 6.32. The topological polar surface area (TPSA) is 31.6 Å². The molecule has 3 nitrogen and oxygen atoms in total. The van der Waals surface area contributed by atoms with Gasteiger partial charge < -0.3 is 13.0 Å². The molecule has 0 aliphatic rings. The molecule has 1 aromatic heterocycles. The van der Waals surface area contributed by atoms with E-state index in [1.54, 1.807) is 0 Å². The Morgan fingerprint density at radius 2 is 1.09 bits per heavy atom. The Bertz CT molecular complexity index is 1120. The van der Waals surface area contributed by atoms with Crippen LogP contribution >= 0.6 is 23.7 Å². The molecule has 0 spiro atoms. The van der Waals surface area contributed by atoms with Crippen molar-refractivity contribution in [3.63, 3.8) is 0 Å². The first-order valence-electron chi connectivity index (χ1n) is 11.6. The average Bonchev–Trinajstić information content (AvgIpc) is 3.03. The second kappa shape index (κ2) is 9.51. The SMILES string of the molecule is Cc1cc(C(c2cc(C)cc(C(C)(C)C)c2OCl)c2oc(C)cc2C)c(OCl)c(C(C)(C)C)c1. The van der Waals surface area contributed by atoms with Crippen LogP contribution < -0.4 is 8.58 Å². The Balaban J connectivity index is 2.51. The Morgan fingerprint density at radius 3 is 1.38 bits per heavy atom. The van der Waals surface area contributed by atoms with E-state index in [4.69, 9.17) is 36.7 Å². The molecule has 0 saturated carbocycles. The lowest BCUT2D eigenvalue weighted by molar-refractivity contribution is 0.463. The van der Waals surface area contributed by atoms with Crippen LogP contribution in [0.25, 0.3) is 0 Å². The largest absolute Gasteiger partial charge is 0.465 e. The van der Waals surface area contributed by atoms with Gasteiger partial charge in [-0.3, -0.25) is 0 Å². The lowest BCUT2D eigenvalue weighted by atomic mass is 9.77. The minimum absolute atomic E-state index is 0.182. The molecule has 3 rings (SSSR count). The number of hydrogen-bond acceptors (Lipinski definition) is 3. The van der Waals surface area contributed by atoms with Crippen molar-refractivity contribution in [2.24, 2.45) is 0 Å². The molecule has 0 N–H and O–H groups in total. The number of benzene rings is 2. The van der Waals surface area contributed by atoms with Crippen molar-refractivity contribution in [1.82, 2.24) is 0 Å². The van der Waals surface area contributed by atoms with Crippen LogP contribution in [0.15, 0.2) is 34.7 Å². The quantitative estimate of drug-likeness (QED) is 0.348. The first-order valence-corrected chi connectivity index (χ1v) is 12.2. The third kappa shape index (κ3) is 5.11. The standard InChI is InChI=1S/C29H36Cl2O3/c1-16-11-20(26(33-30)22(13-16)28(5,6)7)24(25-18(3)15-19(4)32-25)21-12-17(2)14-23(27(21)34-31)29(8,9)10/h11-15,24H,1-10H3. The molecule has 0 saturated heterocycles. The smallest absolute Gasteiger partial charge is 0.154 e. The van der Waals surface area contributed by atoms with Gasteiger partial charge in [0, 0.05) is 22.3 Å². The van der Waals surface area contributed by atoms with E-state index in [-0.39, 0.29) is 16.7 Å². The van der Waals surface area contributed by atoms with Crippen LogP contribution in [0.1, 0.15) is 97.9 Å². The second-order valence-electron chi connectivity index (χ2n) is 11.5. The van der Waals surface area contributed by atoms with Crippen molar-refractivity contribution in [2.45, 2.75) is 86.0 Å². The van der Waals surface area contributed by atoms with Crippen molar-refractivity contribution in [3.8, 4) is 11.5 Å². The van der Waals surface area contributed by atoms with Gasteiger partial charge in [-0.15, -0.1) is 0 Å². The Kier molecular flexibility index (Phi) is 7.41. The highest BCUT2D eigenvalue weighted by Gasteiger charge is 2.34. The van der Waals surface area contributed by atoms with Crippen molar-refractivity contribution in [1.29, 1.82) is 0 Å². The molecule has 5 heteroatoms. The summed E-state index contributed by atoms with van der Waals surface area (Å²) in [6, 6.07) is 10.5. The Hall–Kier alpha value is -2.10. The molecule has 0 aliphatic heterocycles. The van der Waals surface area contributed by atoms with Gasteiger partial charge in [-0.05, 0) is 50.2 Å². The number of furan rings is 1. The molecule has 0 unspecified atom stereocenters. The van der Waals surface area contributed by atoms with E-state index >= 15 is 0 Å². The van der Waals surface area contributed by atoms with Crippen LogP contribution in [-0.2, 0) is 10.8 Å². The molecule has 34 heavy (non-hydrogen) atoms. The zero-order valence-corrected chi connectivity index (χ0v) is 23.5. The molecule has 0 atom stereocenters. The van der Waals surface area contributed by atoms with Gasteiger partial charge in [-0.2, -0.15) is 0 Å². The fraction of sp³-hybridized carbons (Fsp3) is 0.448. The monoisotopic (exact) mass is 502 g/mol. The summed E-state index contributed by atoms with van der Waals surface area (Å²) < 4.78 is 17.5. The van der Waals surface area contributed by atoms with Gasteiger partial charge in [0.2, 0.25) is 0 Å². The van der Waals surface area contributed by atoms with Gasteiger partial charge in [-0.25, -0.2) is 0 Å². The van der Waals surface area contributed by atoms with Gasteiger partial charge >= 0.3 is 0 Å². The Labute approximate surface area is 214 Å². The van der Waals surface area contributed by atoms with Crippen molar-refractivity contribution in [2.75, 3.05) is 0 Å². The van der Waals surface area contributed by atoms with Crippen LogP contribution in [0.4, 0.5) is 0 Å². The minimum atomic E-state index is -0.335. The highest BCUT2D eigenvalue weighted by Crippen LogP contribution is 2.49. The van der Waals surface area contributed by atoms with E-state index < -0.39 is 0 Å². The van der Waals surface area contributed by atoms with E-state index in [2.05, 4.69) is 86.6 Å². The van der Waals surface area contributed by atoms with Gasteiger partial charge in [0.25, 0.3) is 0 Å². The molecule has 1 heterocycles. The van der Waals surface area contributed by atoms with Crippen LogP contribution in [-0.4, -0.2) is 0 Å². The Morgan fingerprint density at radius 1 is 0.676 bits per heavy atom. The number of halogens is 2. The summed E-state index contributed by atoms with van der Waals surface area (Å²) in [7, 11) is 0. The predicted molar refractivity (Wildman–Crippen MR) is 142 cm³/mol. The first kappa shape index (κ1) is 26.5. The van der Waals surface area contributed by atoms with E-state index in [0.29, 0.717) is 11.5 Å². The summed E-state index contributed by atoms with van der Waals surface area (Å²) in [5, 5.41) is 0. The normalized spacial score (nSPS) is 12.4. The molecular formula is C29H36Cl2O3. The van der Waals surface area contributed by atoms with Crippen molar-refractivity contribution in [3.05, 3.63) is 80.8 Å². The molecule has 0 fully saturated rings. The molecule has 0 radical (unpaired) electrons. The predicted octanol–water partition coefficient (Wildman–Crippen LogP) is 9.35. The van der Waals surface area contributed by atoms with E-state index in [1.165, 1.54) is 0 Å². The fourth-order valence-electron chi connectivity index (χ4n) is 4.71. The van der Waals surface area contributed by atoms with Crippen LogP contribution in [0.5, 0.6) is 11.5 Å². The summed E-state index contributed by atoms with van der Waals surface area (Å²) in [5.74, 6) is 2.60. The van der Waals surface area contributed by atoms with E-state index in [0.717, 1.165) is 50.5 Å². The van der Waals surface area contributed by atoms with Crippen LogP contribution in [0, 0.1) is 27.7 Å². The summed E-state index contributed by atoms with van der Waals surface area (Å²) in [5.41, 5.74) is 6.79. The van der Waals surface area contributed by atoms with Gasteiger partial charge in [0.15, 0.2) is 11.5 Å². The average molecular weight is 504 g/mol. The number of hydrogen-bond donors (Lipinski definition) is 0. The second-order valence-corrected chi connectivity index (χ2v) is 11.8. The lowest BCUT2D eigenvalue weighted by Crippen LogP contribution is -2.17. The van der Waals surface area contributed by atoms with E-state index in [9.17, 15) is 0 Å². The maximum absolute atomic E-state index is 6.32. The van der Waals surface area contributed by atoms with E-state index in [1.807, 2.05) is 13.0 Å². The zero-order chi connectivity index (χ0) is 25.6. The van der Waals surface area contributed by atoms with Crippen molar-refractivity contribution >= 4 is 23.7 Å². The summed E-state index contributed by atoms with van der Waals surface area (Å²) in [6.45, 7) is 21.1. The molecule has 184 valence electrons. The molecule has 2 aromatic carbocycles. The van der Waals surface area contributed by atoms with Crippen molar-refractivity contribution < 1.29 is 13.0 Å². The summed E-state index contributed by atoms with van der Waals surface area (Å²) >= 11 is 12.4. The molecular weight excluding hydrogens is 467 g/mol. The highest BCUT2D eigenvalue weighted by molar-refractivity contribution is 6.09. The summed E-state index contributed by atoms with van der Waals surface area (Å²) in [6.07, 6.45) is 0. The lowest BCUT2D eigenvalue weighted by Gasteiger charge is -2.29. The molecule has 0 aliphatic carbocycles. The molecule has 0 amide bonds. The van der Waals surface area contributed by atoms with Gasteiger partial charge in [0.1, 0.15) is 35.3 Å². The number of aryl methyl sites for hydroxylation is 4. The fourth-order valence-corrected chi connectivity index (χ4v) is 5.06. The molecule has 3 aromatic rings. The third-order valence-corrected chi connectivity index (χ3v) is 6.57. The van der Waals surface area contributed by atoms with Crippen LogP contribution in [0.2, 0.25) is 0 Å². The van der Waals surface area contributed by atoms with Crippen LogP contribution in [0.3, 0.4) is 0 Å². The third-order valence-electron chi connectivity index (χ3n) is 6.26. The summed E-state index contributed by atoms with van der Waals surface area (Å²) in [4.78, 5) is 0. The maximum Gasteiger partial charge on any atom is 0.154 e. The van der Waals surface area contributed by atoms with Gasteiger partial charge in [0.05, 0.1) is 5.92 Å². The minimum Gasteiger partial charge on any atom is -0.465 e.